The Labute approximate surface area is 172 Å². The van der Waals surface area contributed by atoms with Crippen LogP contribution in [-0.2, 0) is 9.59 Å². The van der Waals surface area contributed by atoms with E-state index in [1.807, 2.05) is 51.1 Å². The summed E-state index contributed by atoms with van der Waals surface area (Å²) in [5.74, 6) is -0.326. The molecule has 1 heterocycles. The number of carbonyl (C=O) groups excluding carboxylic acids is 2. The van der Waals surface area contributed by atoms with Crippen LogP contribution in [0.25, 0.3) is 0 Å². The number of anilines is 2. The lowest BCUT2D eigenvalue weighted by Crippen LogP contribution is -2.50. The van der Waals surface area contributed by atoms with Gasteiger partial charge in [0.15, 0.2) is 0 Å². The van der Waals surface area contributed by atoms with Crippen LogP contribution in [0.1, 0.15) is 16.7 Å². The van der Waals surface area contributed by atoms with Gasteiger partial charge < -0.3 is 15.5 Å². The van der Waals surface area contributed by atoms with Crippen LogP contribution in [-0.4, -0.2) is 56.0 Å². The van der Waals surface area contributed by atoms with Crippen LogP contribution in [0.3, 0.4) is 0 Å². The maximum absolute atomic E-state index is 12.3. The molecule has 29 heavy (non-hydrogen) atoms. The summed E-state index contributed by atoms with van der Waals surface area (Å²) < 4.78 is 0. The van der Waals surface area contributed by atoms with Crippen LogP contribution in [0, 0.1) is 20.8 Å². The predicted octanol–water partition coefficient (Wildman–Crippen LogP) is 2.49. The quantitative estimate of drug-likeness (QED) is 0.790. The number of amides is 2. The van der Waals surface area contributed by atoms with Gasteiger partial charge in [0.05, 0.1) is 13.1 Å². The van der Waals surface area contributed by atoms with Gasteiger partial charge in [-0.2, -0.15) is 0 Å². The molecule has 0 saturated carbocycles. The first kappa shape index (κ1) is 20.9. The Bertz CT molecular complexity index is 835. The number of carbonyl (C=O) groups is 2. The highest BCUT2D eigenvalue weighted by atomic mass is 16.2. The van der Waals surface area contributed by atoms with Crippen LogP contribution in [0.4, 0.5) is 11.4 Å². The van der Waals surface area contributed by atoms with Gasteiger partial charge in [0.2, 0.25) is 11.8 Å². The van der Waals surface area contributed by atoms with Crippen molar-refractivity contribution >= 4 is 23.2 Å². The molecule has 1 saturated heterocycles. The van der Waals surface area contributed by atoms with E-state index in [1.54, 1.807) is 0 Å². The maximum atomic E-state index is 12.3. The van der Waals surface area contributed by atoms with E-state index in [-0.39, 0.29) is 18.4 Å². The molecule has 0 spiro atoms. The molecule has 0 aliphatic carbocycles. The number of benzene rings is 2. The molecule has 2 aromatic rings. The average molecular weight is 395 g/mol. The molecule has 1 aliphatic heterocycles. The molecule has 154 valence electrons. The third-order valence-corrected chi connectivity index (χ3v) is 5.25. The summed E-state index contributed by atoms with van der Waals surface area (Å²) in [6.45, 7) is 9.73. The zero-order valence-electron chi connectivity index (χ0n) is 17.5. The Balaban J connectivity index is 1.41. The highest BCUT2D eigenvalue weighted by molar-refractivity contribution is 5.96. The Morgan fingerprint density at radius 3 is 2.14 bits per heavy atom. The van der Waals surface area contributed by atoms with Crippen LogP contribution in [0.2, 0.25) is 0 Å². The number of para-hydroxylation sites is 1. The molecule has 0 bridgehead atoms. The normalized spacial score (nSPS) is 14.5. The summed E-state index contributed by atoms with van der Waals surface area (Å²) in [6, 6.07) is 14.4. The summed E-state index contributed by atoms with van der Waals surface area (Å²) in [5.41, 5.74) is 5.26. The minimum atomic E-state index is -0.206. The topological polar surface area (TPSA) is 64.7 Å². The molecule has 0 aromatic heterocycles. The smallest absolute Gasteiger partial charge is 0.243 e. The van der Waals surface area contributed by atoms with Crippen molar-refractivity contribution in [2.75, 3.05) is 49.5 Å². The van der Waals surface area contributed by atoms with Crippen molar-refractivity contribution in [1.82, 2.24) is 10.2 Å². The fraction of sp³-hybridized carbons (Fsp3) is 0.391. The Hall–Kier alpha value is -2.86. The van der Waals surface area contributed by atoms with Gasteiger partial charge in [0, 0.05) is 37.6 Å². The van der Waals surface area contributed by atoms with Gasteiger partial charge in [-0.3, -0.25) is 14.5 Å². The number of hydrogen-bond donors (Lipinski definition) is 2. The van der Waals surface area contributed by atoms with Gasteiger partial charge in [-0.15, -0.1) is 0 Å². The molecular weight excluding hydrogens is 364 g/mol. The lowest BCUT2D eigenvalue weighted by molar-refractivity contribution is -0.125. The van der Waals surface area contributed by atoms with Crippen LogP contribution >= 0.6 is 0 Å². The molecule has 2 amide bonds. The highest BCUT2D eigenvalue weighted by Crippen LogP contribution is 2.21. The molecule has 0 atom stereocenters. The first-order chi connectivity index (χ1) is 13.9. The molecule has 6 heteroatoms. The zero-order valence-corrected chi connectivity index (χ0v) is 17.5. The average Bonchev–Trinajstić information content (AvgIpc) is 2.70. The number of nitrogens with one attached hydrogen (secondary N) is 2. The number of piperazine rings is 1. The van der Waals surface area contributed by atoms with Gasteiger partial charge in [-0.25, -0.2) is 0 Å². The Kier molecular flexibility index (Phi) is 6.88. The number of aryl methyl sites for hydroxylation is 3. The van der Waals surface area contributed by atoms with Crippen molar-refractivity contribution in [3.8, 4) is 0 Å². The fourth-order valence-corrected chi connectivity index (χ4v) is 3.80. The Morgan fingerprint density at radius 2 is 1.52 bits per heavy atom. The largest absolute Gasteiger partial charge is 0.369 e. The lowest BCUT2D eigenvalue weighted by Gasteiger charge is -2.35. The predicted molar refractivity (Wildman–Crippen MR) is 117 cm³/mol. The number of rotatable bonds is 6. The summed E-state index contributed by atoms with van der Waals surface area (Å²) in [5, 5.41) is 5.65. The van der Waals surface area contributed by atoms with Gasteiger partial charge in [0.25, 0.3) is 0 Å². The molecule has 3 rings (SSSR count). The molecule has 0 unspecified atom stereocenters. The first-order valence-electron chi connectivity index (χ1n) is 10.1. The third kappa shape index (κ3) is 5.81. The SMILES string of the molecule is Cc1cc(C)c(NC(=O)CNC(=O)CN2CCN(c3ccccc3)CC2)c(C)c1. The summed E-state index contributed by atoms with van der Waals surface area (Å²) in [7, 11) is 0. The van der Waals surface area contributed by atoms with E-state index in [0.29, 0.717) is 6.54 Å². The monoisotopic (exact) mass is 394 g/mol. The second-order valence-electron chi connectivity index (χ2n) is 7.70. The lowest BCUT2D eigenvalue weighted by atomic mass is 10.1. The van der Waals surface area contributed by atoms with Crippen molar-refractivity contribution in [2.24, 2.45) is 0 Å². The zero-order chi connectivity index (χ0) is 20.8. The third-order valence-electron chi connectivity index (χ3n) is 5.25. The molecule has 1 aliphatic rings. The summed E-state index contributed by atoms with van der Waals surface area (Å²) in [4.78, 5) is 29.0. The van der Waals surface area contributed by atoms with Crippen LogP contribution in [0.15, 0.2) is 42.5 Å². The van der Waals surface area contributed by atoms with E-state index in [1.165, 1.54) is 11.3 Å². The van der Waals surface area contributed by atoms with Crippen LogP contribution < -0.4 is 15.5 Å². The minimum absolute atomic E-state index is 0.0183. The van der Waals surface area contributed by atoms with E-state index in [2.05, 4.69) is 32.6 Å². The van der Waals surface area contributed by atoms with Crippen molar-refractivity contribution in [1.29, 1.82) is 0 Å². The minimum Gasteiger partial charge on any atom is -0.369 e. The molecule has 2 N–H and O–H groups in total. The molecule has 1 fully saturated rings. The van der Waals surface area contributed by atoms with Crippen molar-refractivity contribution in [2.45, 2.75) is 20.8 Å². The summed E-state index contributed by atoms with van der Waals surface area (Å²) >= 11 is 0. The highest BCUT2D eigenvalue weighted by Gasteiger charge is 2.19. The first-order valence-corrected chi connectivity index (χ1v) is 10.1. The van der Waals surface area contributed by atoms with Gasteiger partial charge in [0.1, 0.15) is 0 Å². The van der Waals surface area contributed by atoms with Gasteiger partial charge in [-0.1, -0.05) is 35.9 Å². The number of hydrogen-bond acceptors (Lipinski definition) is 4. The number of nitrogens with zero attached hydrogens (tertiary/aromatic N) is 2. The van der Waals surface area contributed by atoms with Gasteiger partial charge in [-0.05, 0) is 44.0 Å². The molecule has 2 aromatic carbocycles. The summed E-state index contributed by atoms with van der Waals surface area (Å²) in [6.07, 6.45) is 0. The van der Waals surface area contributed by atoms with E-state index < -0.39 is 0 Å². The van der Waals surface area contributed by atoms with E-state index in [9.17, 15) is 9.59 Å². The van der Waals surface area contributed by atoms with E-state index >= 15 is 0 Å². The van der Waals surface area contributed by atoms with Crippen molar-refractivity contribution < 1.29 is 9.59 Å². The molecule has 0 radical (unpaired) electrons. The second kappa shape index (κ2) is 9.56. The Morgan fingerprint density at radius 1 is 0.897 bits per heavy atom. The van der Waals surface area contributed by atoms with E-state index in [4.69, 9.17) is 0 Å². The van der Waals surface area contributed by atoms with Crippen molar-refractivity contribution in [3.05, 3.63) is 59.2 Å². The van der Waals surface area contributed by atoms with Crippen molar-refractivity contribution in [3.63, 3.8) is 0 Å². The fourth-order valence-electron chi connectivity index (χ4n) is 3.80. The van der Waals surface area contributed by atoms with Gasteiger partial charge >= 0.3 is 0 Å². The van der Waals surface area contributed by atoms with Crippen LogP contribution in [0.5, 0.6) is 0 Å². The van der Waals surface area contributed by atoms with E-state index in [0.717, 1.165) is 43.0 Å². The molecular formula is C23H30N4O2. The second-order valence-corrected chi connectivity index (χ2v) is 7.70. The standard InChI is InChI=1S/C23H30N4O2/c1-17-13-18(2)23(19(3)14-17)25-21(28)15-24-22(29)16-26-9-11-27(12-10-26)20-7-5-4-6-8-20/h4-8,13-14H,9-12,15-16H2,1-3H3,(H,24,29)(H,25,28). The maximum Gasteiger partial charge on any atom is 0.243 e. The molecule has 6 nitrogen and oxygen atoms in total.